The molecule has 1 amide bonds. The van der Waals surface area contributed by atoms with Gasteiger partial charge in [0.1, 0.15) is 11.6 Å². The van der Waals surface area contributed by atoms with Gasteiger partial charge in [0.15, 0.2) is 0 Å². The molecule has 0 bridgehead atoms. The number of aromatic nitrogens is 2. The molecule has 0 unspecified atom stereocenters. The number of aromatic amines is 1. The number of carbonyl (C=O) groups is 1. The fraction of sp³-hybridized carbons (Fsp3) is 0.115. The lowest BCUT2D eigenvalue weighted by atomic mass is 10.2. The fourth-order valence-corrected chi connectivity index (χ4v) is 3.39. The molecule has 0 fully saturated rings. The lowest BCUT2D eigenvalue weighted by Gasteiger charge is -2.21. The van der Waals surface area contributed by atoms with Crippen molar-refractivity contribution in [2.45, 2.75) is 13.1 Å². The van der Waals surface area contributed by atoms with Crippen LogP contribution in [0, 0.1) is 0 Å². The number of ether oxygens (including phenoxy) is 1. The van der Waals surface area contributed by atoms with E-state index in [4.69, 9.17) is 4.74 Å². The molecule has 0 saturated carbocycles. The van der Waals surface area contributed by atoms with Gasteiger partial charge in [0.25, 0.3) is 5.56 Å². The Hall–Kier alpha value is -4.19. The van der Waals surface area contributed by atoms with E-state index in [0.29, 0.717) is 23.3 Å². The van der Waals surface area contributed by atoms with E-state index < -0.39 is 0 Å². The molecule has 0 radical (unpaired) electrons. The first-order valence-electron chi connectivity index (χ1n) is 10.3. The van der Waals surface area contributed by atoms with E-state index in [-0.39, 0.29) is 18.0 Å². The largest absolute Gasteiger partial charge is 0.497 e. The third-order valence-corrected chi connectivity index (χ3v) is 5.06. The molecule has 0 aliphatic rings. The monoisotopic (exact) mass is 425 g/mol. The number of hydrogen-bond donors (Lipinski definition) is 1. The number of nitrogens with one attached hydrogen (secondary N) is 1. The van der Waals surface area contributed by atoms with Crippen molar-refractivity contribution in [3.63, 3.8) is 0 Å². The molecular weight excluding hydrogens is 402 g/mol. The summed E-state index contributed by atoms with van der Waals surface area (Å²) in [5.74, 6) is 1.00. The second-order valence-corrected chi connectivity index (χ2v) is 7.32. The molecule has 1 N–H and O–H groups in total. The fourth-order valence-electron chi connectivity index (χ4n) is 3.39. The second kappa shape index (κ2) is 9.75. The number of methoxy groups -OCH3 is 1. The zero-order valence-corrected chi connectivity index (χ0v) is 17.7. The van der Waals surface area contributed by atoms with Crippen LogP contribution in [0.25, 0.3) is 17.0 Å². The average molecular weight is 425 g/mol. The zero-order valence-electron chi connectivity index (χ0n) is 17.7. The van der Waals surface area contributed by atoms with E-state index in [1.54, 1.807) is 36.3 Å². The maximum atomic E-state index is 13.1. The Kier molecular flexibility index (Phi) is 6.41. The first-order chi connectivity index (χ1) is 15.6. The Bertz CT molecular complexity index is 1300. The Morgan fingerprint density at radius 1 is 0.969 bits per heavy atom. The number of hydrogen-bond acceptors (Lipinski definition) is 4. The molecule has 1 heterocycles. The number of benzene rings is 3. The maximum absolute atomic E-state index is 13.1. The number of H-pyrrole nitrogens is 1. The summed E-state index contributed by atoms with van der Waals surface area (Å²) in [4.78, 5) is 34.6. The molecule has 160 valence electrons. The molecule has 4 rings (SSSR count). The first kappa shape index (κ1) is 21.1. The summed E-state index contributed by atoms with van der Waals surface area (Å²) >= 11 is 0. The topological polar surface area (TPSA) is 75.3 Å². The summed E-state index contributed by atoms with van der Waals surface area (Å²) in [6.07, 6.45) is 3.32. The molecule has 1 aromatic heterocycles. The van der Waals surface area contributed by atoms with Crippen molar-refractivity contribution in [2.75, 3.05) is 7.11 Å². The lowest BCUT2D eigenvalue weighted by Crippen LogP contribution is -2.30. The van der Waals surface area contributed by atoms with E-state index in [2.05, 4.69) is 9.97 Å². The number of para-hydroxylation sites is 1. The highest BCUT2D eigenvalue weighted by Crippen LogP contribution is 2.15. The van der Waals surface area contributed by atoms with Gasteiger partial charge in [0.05, 0.1) is 24.6 Å². The molecule has 32 heavy (non-hydrogen) atoms. The van der Waals surface area contributed by atoms with Crippen molar-refractivity contribution in [1.82, 2.24) is 14.9 Å². The summed E-state index contributed by atoms with van der Waals surface area (Å²) in [5.41, 5.74) is 2.25. The molecule has 6 heteroatoms. The van der Waals surface area contributed by atoms with E-state index >= 15 is 0 Å². The predicted molar refractivity (Wildman–Crippen MR) is 125 cm³/mol. The van der Waals surface area contributed by atoms with Crippen molar-refractivity contribution in [3.8, 4) is 5.75 Å². The van der Waals surface area contributed by atoms with Crippen LogP contribution >= 0.6 is 0 Å². The molecule has 3 aromatic carbocycles. The third-order valence-electron chi connectivity index (χ3n) is 5.06. The van der Waals surface area contributed by atoms with E-state index in [1.165, 1.54) is 6.08 Å². The summed E-state index contributed by atoms with van der Waals surface area (Å²) in [7, 11) is 1.61. The third kappa shape index (κ3) is 5.10. The molecule has 0 spiro atoms. The zero-order chi connectivity index (χ0) is 22.3. The average Bonchev–Trinajstić information content (AvgIpc) is 2.83. The van der Waals surface area contributed by atoms with Gasteiger partial charge >= 0.3 is 0 Å². The number of fused-ring (bicyclic) bond motifs is 1. The smallest absolute Gasteiger partial charge is 0.258 e. The van der Waals surface area contributed by atoms with E-state index in [9.17, 15) is 9.59 Å². The Morgan fingerprint density at radius 2 is 1.69 bits per heavy atom. The van der Waals surface area contributed by atoms with Crippen LogP contribution in [0.1, 0.15) is 17.0 Å². The van der Waals surface area contributed by atoms with Gasteiger partial charge in [-0.1, -0.05) is 54.6 Å². The maximum Gasteiger partial charge on any atom is 0.258 e. The number of carbonyl (C=O) groups excluding carboxylic acids is 1. The molecule has 4 aromatic rings. The Labute approximate surface area is 185 Å². The number of nitrogens with zero attached hydrogens (tertiary/aromatic N) is 2. The van der Waals surface area contributed by atoms with Crippen LogP contribution in [0.4, 0.5) is 0 Å². The second-order valence-electron chi connectivity index (χ2n) is 7.32. The van der Waals surface area contributed by atoms with Crippen molar-refractivity contribution < 1.29 is 9.53 Å². The normalized spacial score (nSPS) is 11.0. The Morgan fingerprint density at radius 3 is 2.44 bits per heavy atom. The number of rotatable bonds is 7. The van der Waals surface area contributed by atoms with Gasteiger partial charge in [-0.25, -0.2) is 4.98 Å². The quantitative estimate of drug-likeness (QED) is 0.451. The molecule has 0 atom stereocenters. The van der Waals surface area contributed by atoms with Crippen molar-refractivity contribution in [1.29, 1.82) is 0 Å². The summed E-state index contributed by atoms with van der Waals surface area (Å²) in [5, 5.41) is 0.522. The van der Waals surface area contributed by atoms with Crippen molar-refractivity contribution in [3.05, 3.63) is 112 Å². The van der Waals surface area contributed by atoms with E-state index in [0.717, 1.165) is 16.9 Å². The van der Waals surface area contributed by atoms with Gasteiger partial charge in [-0.2, -0.15) is 0 Å². The Balaban J connectivity index is 1.62. The highest BCUT2D eigenvalue weighted by Gasteiger charge is 2.15. The summed E-state index contributed by atoms with van der Waals surface area (Å²) in [6.45, 7) is 0.530. The van der Waals surface area contributed by atoms with Gasteiger partial charge in [-0.05, 0) is 41.5 Å². The molecule has 0 aliphatic carbocycles. The highest BCUT2D eigenvalue weighted by atomic mass is 16.5. The summed E-state index contributed by atoms with van der Waals surface area (Å²) in [6, 6.07) is 24.3. The first-order valence-corrected chi connectivity index (χ1v) is 10.3. The van der Waals surface area contributed by atoms with Crippen LogP contribution in [0.15, 0.2) is 89.7 Å². The van der Waals surface area contributed by atoms with E-state index in [1.807, 2.05) is 60.7 Å². The summed E-state index contributed by atoms with van der Waals surface area (Å²) < 4.78 is 5.22. The lowest BCUT2D eigenvalue weighted by molar-refractivity contribution is -0.127. The number of amides is 1. The highest BCUT2D eigenvalue weighted by molar-refractivity contribution is 5.91. The van der Waals surface area contributed by atoms with Crippen molar-refractivity contribution in [2.24, 2.45) is 0 Å². The van der Waals surface area contributed by atoms with Crippen LogP contribution in [0.5, 0.6) is 5.75 Å². The van der Waals surface area contributed by atoms with Crippen LogP contribution in [-0.2, 0) is 17.9 Å². The molecule has 6 nitrogen and oxygen atoms in total. The van der Waals surface area contributed by atoms with Gasteiger partial charge in [-0.15, -0.1) is 0 Å². The minimum Gasteiger partial charge on any atom is -0.497 e. The van der Waals surface area contributed by atoms with Crippen LogP contribution < -0.4 is 10.3 Å². The molecular formula is C26H23N3O3. The SMILES string of the molecule is COc1ccc(CN(Cc2nc3ccccc3c(=O)[nH]2)C(=O)/C=C/c2ccccc2)cc1. The van der Waals surface area contributed by atoms with Crippen LogP contribution in [-0.4, -0.2) is 27.9 Å². The van der Waals surface area contributed by atoms with Crippen LogP contribution in [0.3, 0.4) is 0 Å². The molecule has 0 aliphatic heterocycles. The van der Waals surface area contributed by atoms with Gasteiger partial charge in [0.2, 0.25) is 5.91 Å². The van der Waals surface area contributed by atoms with Crippen molar-refractivity contribution >= 4 is 22.9 Å². The molecule has 0 saturated heterocycles. The van der Waals surface area contributed by atoms with Gasteiger partial charge in [-0.3, -0.25) is 9.59 Å². The van der Waals surface area contributed by atoms with Gasteiger partial charge < -0.3 is 14.6 Å². The standard InChI is InChI=1S/C26H23N3O3/c1-32-21-14-11-20(12-15-21)17-29(25(30)16-13-19-7-3-2-4-8-19)18-24-27-23-10-6-5-9-22(23)26(31)28-24/h2-16H,17-18H2,1H3,(H,27,28,31)/b16-13+. The minimum absolute atomic E-state index is 0.171. The van der Waals surface area contributed by atoms with Gasteiger partial charge in [0, 0.05) is 12.6 Å². The van der Waals surface area contributed by atoms with Crippen LogP contribution in [0.2, 0.25) is 0 Å². The minimum atomic E-state index is -0.220. The predicted octanol–water partition coefficient (Wildman–Crippen LogP) is 4.17.